The first-order chi connectivity index (χ1) is 10.0. The van der Waals surface area contributed by atoms with Crippen LogP contribution in [-0.4, -0.2) is 22.0 Å². The lowest BCUT2D eigenvalue weighted by Crippen LogP contribution is -2.06. The van der Waals surface area contributed by atoms with E-state index in [0.717, 1.165) is 5.56 Å². The van der Waals surface area contributed by atoms with Gasteiger partial charge >= 0.3 is 0 Å². The highest BCUT2D eigenvalue weighted by molar-refractivity contribution is 9.10. The first kappa shape index (κ1) is 15.2. The van der Waals surface area contributed by atoms with Gasteiger partial charge in [0, 0.05) is 23.9 Å². The number of nitro groups is 1. The van der Waals surface area contributed by atoms with Crippen molar-refractivity contribution in [2.45, 2.75) is 13.5 Å². The van der Waals surface area contributed by atoms with Gasteiger partial charge in [0.25, 0.3) is 5.69 Å². The maximum Gasteiger partial charge on any atom is 0.291 e. The van der Waals surface area contributed by atoms with Crippen molar-refractivity contribution in [2.75, 3.05) is 12.4 Å². The van der Waals surface area contributed by atoms with Crippen molar-refractivity contribution in [2.24, 2.45) is 0 Å². The second-order valence-corrected chi connectivity index (χ2v) is 5.01. The number of anilines is 1. The zero-order chi connectivity index (χ0) is 15.4. The van der Waals surface area contributed by atoms with Gasteiger partial charge in [-0.15, -0.1) is 0 Å². The number of pyridine rings is 2. The molecule has 0 aliphatic rings. The van der Waals surface area contributed by atoms with Crippen LogP contribution in [0.4, 0.5) is 11.5 Å². The van der Waals surface area contributed by atoms with Crippen molar-refractivity contribution in [1.82, 2.24) is 9.97 Å². The summed E-state index contributed by atoms with van der Waals surface area (Å²) in [7, 11) is 1.55. The number of methoxy groups -OCH3 is 1. The van der Waals surface area contributed by atoms with Gasteiger partial charge in [-0.2, -0.15) is 0 Å². The lowest BCUT2D eigenvalue weighted by atomic mass is 10.2. The summed E-state index contributed by atoms with van der Waals surface area (Å²) in [5.41, 5.74) is 1.37. The molecule has 2 aromatic heterocycles. The first-order valence-corrected chi connectivity index (χ1v) is 6.85. The Balaban J connectivity index is 2.21. The Morgan fingerprint density at radius 3 is 2.90 bits per heavy atom. The molecule has 0 fully saturated rings. The predicted octanol–water partition coefficient (Wildman–Crippen LogP) is 3.08. The van der Waals surface area contributed by atoms with Crippen molar-refractivity contribution >= 4 is 27.4 Å². The summed E-state index contributed by atoms with van der Waals surface area (Å²) in [5, 5.41) is 14.0. The van der Waals surface area contributed by atoms with Crippen LogP contribution in [0.2, 0.25) is 0 Å². The summed E-state index contributed by atoms with van der Waals surface area (Å²) in [4.78, 5) is 18.6. The van der Waals surface area contributed by atoms with Gasteiger partial charge < -0.3 is 10.1 Å². The largest absolute Gasteiger partial charge is 0.481 e. The Kier molecular flexibility index (Phi) is 4.69. The van der Waals surface area contributed by atoms with Gasteiger partial charge in [0.05, 0.1) is 16.5 Å². The van der Waals surface area contributed by atoms with E-state index in [9.17, 15) is 10.1 Å². The monoisotopic (exact) mass is 352 g/mol. The van der Waals surface area contributed by atoms with E-state index < -0.39 is 4.92 Å². The number of hydrogen-bond acceptors (Lipinski definition) is 6. The molecule has 0 unspecified atom stereocenters. The molecule has 0 bridgehead atoms. The third-order valence-corrected chi connectivity index (χ3v) is 3.89. The van der Waals surface area contributed by atoms with Crippen LogP contribution >= 0.6 is 15.9 Å². The second kappa shape index (κ2) is 6.49. The Labute approximate surface area is 129 Å². The minimum absolute atomic E-state index is 0.0219. The smallest absolute Gasteiger partial charge is 0.291 e. The fourth-order valence-corrected chi connectivity index (χ4v) is 2.24. The number of aromatic nitrogens is 2. The molecule has 21 heavy (non-hydrogen) atoms. The van der Waals surface area contributed by atoms with E-state index in [1.807, 2.05) is 12.1 Å². The Bertz CT molecular complexity index is 678. The number of rotatable bonds is 5. The number of hydrogen-bond donors (Lipinski definition) is 1. The van der Waals surface area contributed by atoms with Gasteiger partial charge in [0.1, 0.15) is 12.0 Å². The molecule has 0 aromatic carbocycles. The van der Waals surface area contributed by atoms with Crippen molar-refractivity contribution in [3.05, 3.63) is 50.2 Å². The number of ether oxygens (including phenoxy) is 1. The molecule has 7 nitrogen and oxygen atoms in total. The zero-order valence-corrected chi connectivity index (χ0v) is 13.0. The lowest BCUT2D eigenvalue weighted by Gasteiger charge is -2.11. The molecule has 8 heteroatoms. The number of nitrogens with one attached hydrogen (secondary N) is 1. The van der Waals surface area contributed by atoms with Crippen LogP contribution in [0.1, 0.15) is 11.1 Å². The van der Waals surface area contributed by atoms with Gasteiger partial charge in [0.2, 0.25) is 5.88 Å². The Morgan fingerprint density at radius 1 is 1.48 bits per heavy atom. The average Bonchev–Trinajstić information content (AvgIpc) is 2.48. The van der Waals surface area contributed by atoms with Crippen LogP contribution in [0, 0.1) is 17.0 Å². The highest BCUT2D eigenvalue weighted by atomic mass is 79.9. The molecule has 0 aliphatic heterocycles. The minimum atomic E-state index is -0.457. The summed E-state index contributed by atoms with van der Waals surface area (Å²) in [6, 6.07) is 3.69. The van der Waals surface area contributed by atoms with Gasteiger partial charge in [-0.25, -0.2) is 9.97 Å². The SMILES string of the molecule is COc1ncccc1CNc1ncc([N+](=O)[O-])c(C)c1Br. The molecular weight excluding hydrogens is 340 g/mol. The third kappa shape index (κ3) is 3.27. The molecule has 0 spiro atoms. The van der Waals surface area contributed by atoms with Gasteiger partial charge in [0.15, 0.2) is 0 Å². The summed E-state index contributed by atoms with van der Waals surface area (Å²) in [6.45, 7) is 2.11. The summed E-state index contributed by atoms with van der Waals surface area (Å²) >= 11 is 3.33. The quantitative estimate of drug-likeness (QED) is 0.656. The zero-order valence-electron chi connectivity index (χ0n) is 11.5. The maximum absolute atomic E-state index is 10.8. The third-order valence-electron chi connectivity index (χ3n) is 2.92. The topological polar surface area (TPSA) is 90.2 Å². The highest BCUT2D eigenvalue weighted by Crippen LogP contribution is 2.31. The van der Waals surface area contributed by atoms with Crippen molar-refractivity contribution in [3.63, 3.8) is 0 Å². The molecule has 0 saturated carbocycles. The minimum Gasteiger partial charge on any atom is -0.481 e. The molecule has 2 heterocycles. The van der Waals surface area contributed by atoms with Crippen molar-refractivity contribution < 1.29 is 9.66 Å². The van der Waals surface area contributed by atoms with Crippen LogP contribution in [0.5, 0.6) is 5.88 Å². The molecule has 0 saturated heterocycles. The molecule has 1 N–H and O–H groups in total. The van der Waals surface area contributed by atoms with Crippen LogP contribution in [-0.2, 0) is 6.54 Å². The van der Waals surface area contributed by atoms with E-state index in [2.05, 4.69) is 31.2 Å². The molecule has 2 rings (SSSR count). The first-order valence-electron chi connectivity index (χ1n) is 6.05. The predicted molar refractivity (Wildman–Crippen MR) is 81.4 cm³/mol. The molecule has 2 aromatic rings. The van der Waals surface area contributed by atoms with Crippen molar-refractivity contribution in [1.29, 1.82) is 0 Å². The molecule has 110 valence electrons. The van der Waals surface area contributed by atoms with E-state index in [1.54, 1.807) is 20.2 Å². The second-order valence-electron chi connectivity index (χ2n) is 4.21. The maximum atomic E-state index is 10.8. The number of halogens is 1. The van der Waals surface area contributed by atoms with E-state index in [-0.39, 0.29) is 5.69 Å². The van der Waals surface area contributed by atoms with E-state index in [4.69, 9.17) is 4.74 Å². The van der Waals surface area contributed by atoms with Crippen molar-refractivity contribution in [3.8, 4) is 5.88 Å². The van der Waals surface area contributed by atoms with Gasteiger partial charge in [-0.1, -0.05) is 6.07 Å². The van der Waals surface area contributed by atoms with Crippen LogP contribution in [0.25, 0.3) is 0 Å². The van der Waals surface area contributed by atoms with Gasteiger partial charge in [-0.05, 0) is 28.9 Å². The van der Waals surface area contributed by atoms with Crippen LogP contribution in [0.15, 0.2) is 29.0 Å². The molecular formula is C13H13BrN4O3. The highest BCUT2D eigenvalue weighted by Gasteiger charge is 2.17. The van der Waals surface area contributed by atoms with E-state index >= 15 is 0 Å². The number of nitrogens with zero attached hydrogens (tertiary/aromatic N) is 3. The Morgan fingerprint density at radius 2 is 2.24 bits per heavy atom. The van der Waals surface area contributed by atoms with Crippen LogP contribution in [0.3, 0.4) is 0 Å². The molecule has 0 radical (unpaired) electrons. The molecule has 0 aliphatic carbocycles. The molecule has 0 amide bonds. The van der Waals surface area contributed by atoms with E-state index in [0.29, 0.717) is 28.3 Å². The summed E-state index contributed by atoms with van der Waals surface area (Å²) in [5.74, 6) is 1.06. The lowest BCUT2D eigenvalue weighted by molar-refractivity contribution is -0.385. The average molecular weight is 353 g/mol. The van der Waals surface area contributed by atoms with Crippen LogP contribution < -0.4 is 10.1 Å². The van der Waals surface area contributed by atoms with Gasteiger partial charge in [-0.3, -0.25) is 10.1 Å². The normalized spacial score (nSPS) is 10.2. The fourth-order valence-electron chi connectivity index (χ4n) is 1.80. The van der Waals surface area contributed by atoms with E-state index in [1.165, 1.54) is 6.20 Å². The molecule has 0 atom stereocenters. The standard InChI is InChI=1S/C13H13BrN4O3/c1-8-10(18(19)20)7-17-12(11(8)14)16-6-9-4-3-5-15-13(9)21-2/h3-5,7H,6H2,1-2H3,(H,16,17). The summed E-state index contributed by atoms with van der Waals surface area (Å²) in [6.07, 6.45) is 2.88. The fraction of sp³-hybridized carbons (Fsp3) is 0.231. The summed E-state index contributed by atoms with van der Waals surface area (Å²) < 4.78 is 5.73. The Hall–Kier alpha value is -2.22.